The van der Waals surface area contributed by atoms with Crippen molar-refractivity contribution in [2.45, 2.75) is 91.3 Å². The minimum Gasteiger partial charge on any atom is -0.305 e. The van der Waals surface area contributed by atoms with E-state index >= 15 is 0 Å². The van der Waals surface area contributed by atoms with Gasteiger partial charge in [-0.05, 0) is 92.4 Å². The van der Waals surface area contributed by atoms with Gasteiger partial charge in [-0.1, -0.05) is 52.0 Å². The zero-order valence-electron chi connectivity index (χ0n) is 22.2. The lowest BCUT2D eigenvalue weighted by atomic mass is 9.69. The lowest BCUT2D eigenvalue weighted by Crippen LogP contribution is -2.52. The fraction of sp³-hybridized carbons (Fsp3) is 0.548. The molecule has 1 amide bonds. The van der Waals surface area contributed by atoms with Crippen molar-refractivity contribution in [1.29, 1.82) is 0 Å². The Kier molecular flexibility index (Phi) is 6.33. The quantitative estimate of drug-likeness (QED) is 0.424. The van der Waals surface area contributed by atoms with Crippen molar-refractivity contribution in [1.82, 2.24) is 4.90 Å². The highest BCUT2D eigenvalue weighted by Gasteiger charge is 2.55. The summed E-state index contributed by atoms with van der Waals surface area (Å²) in [6.07, 6.45) is 6.63. The molecule has 0 N–H and O–H groups in total. The first-order valence-electron chi connectivity index (χ1n) is 13.5. The summed E-state index contributed by atoms with van der Waals surface area (Å²) in [4.78, 5) is 21.3. The number of amides is 1. The molecule has 0 radical (unpaired) electrons. The van der Waals surface area contributed by atoms with E-state index in [-0.39, 0.29) is 34.2 Å². The van der Waals surface area contributed by atoms with Crippen molar-refractivity contribution in [3.05, 3.63) is 70.3 Å². The molecular formula is C31H38F2N2O. The van der Waals surface area contributed by atoms with Crippen LogP contribution in [0.25, 0.3) is 0 Å². The van der Waals surface area contributed by atoms with Gasteiger partial charge in [-0.3, -0.25) is 9.79 Å². The summed E-state index contributed by atoms with van der Waals surface area (Å²) >= 11 is 0. The highest BCUT2D eigenvalue weighted by atomic mass is 19.1. The van der Waals surface area contributed by atoms with Crippen molar-refractivity contribution in [2.24, 2.45) is 22.2 Å². The molecule has 1 atom stereocenters. The summed E-state index contributed by atoms with van der Waals surface area (Å²) in [7, 11) is 0. The molecule has 1 spiro atoms. The molecule has 5 rings (SSSR count). The first-order chi connectivity index (χ1) is 17.0. The zero-order valence-corrected chi connectivity index (χ0v) is 22.2. The van der Waals surface area contributed by atoms with E-state index in [0.29, 0.717) is 11.8 Å². The highest BCUT2D eigenvalue weighted by Crippen LogP contribution is 2.54. The lowest BCUT2D eigenvalue weighted by molar-refractivity contribution is -0.134. The smallest absolute Gasteiger partial charge is 0.275 e. The van der Waals surface area contributed by atoms with E-state index in [1.54, 1.807) is 0 Å². The third kappa shape index (κ3) is 4.39. The molecule has 2 aromatic rings. The molecule has 1 aliphatic heterocycles. The molecule has 192 valence electrons. The molecule has 2 aliphatic carbocycles. The molecule has 1 unspecified atom stereocenters. The van der Waals surface area contributed by atoms with E-state index < -0.39 is 17.3 Å². The topological polar surface area (TPSA) is 32.7 Å². The molecule has 2 fully saturated rings. The molecule has 0 aromatic heterocycles. The average Bonchev–Trinajstić information content (AvgIpc) is 3.64. The van der Waals surface area contributed by atoms with E-state index in [0.717, 1.165) is 50.5 Å². The van der Waals surface area contributed by atoms with Gasteiger partial charge in [0.1, 0.15) is 23.0 Å². The fourth-order valence-electron chi connectivity index (χ4n) is 6.26. The second-order valence-electron chi connectivity index (χ2n) is 12.2. The number of hydrogen-bond donors (Lipinski definition) is 0. The van der Waals surface area contributed by atoms with Gasteiger partial charge in [-0.2, -0.15) is 0 Å². The minimum atomic E-state index is -0.664. The summed E-state index contributed by atoms with van der Waals surface area (Å²) in [6.45, 7) is 10.4. The van der Waals surface area contributed by atoms with Crippen LogP contribution in [0, 0.1) is 35.8 Å². The van der Waals surface area contributed by atoms with E-state index in [2.05, 4.69) is 52.0 Å². The predicted molar refractivity (Wildman–Crippen MR) is 140 cm³/mol. The van der Waals surface area contributed by atoms with Crippen molar-refractivity contribution in [2.75, 3.05) is 0 Å². The maximum Gasteiger partial charge on any atom is 0.275 e. The number of hydrogen-bond acceptors (Lipinski definition) is 2. The van der Waals surface area contributed by atoms with Gasteiger partial charge in [-0.25, -0.2) is 8.78 Å². The van der Waals surface area contributed by atoms with Gasteiger partial charge in [0.25, 0.3) is 5.91 Å². The van der Waals surface area contributed by atoms with Crippen molar-refractivity contribution in [3.8, 4) is 0 Å². The van der Waals surface area contributed by atoms with Crippen LogP contribution in [0.1, 0.15) is 94.5 Å². The standard InChI is InChI=1S/C31H38F2N2O/c1-6-20-7-9-21(10-8-20)28(22-11-12-22)35-29(36)27(23-17-25(32)19(2)26(33)18-23)34-31(35)15-13-24(14-16-31)30(3,4)5/h7-10,17-18,22,24,28H,6,11-16H2,1-5H3. The van der Waals surface area contributed by atoms with Crippen LogP contribution < -0.4 is 0 Å². The lowest BCUT2D eigenvalue weighted by Gasteiger charge is -2.47. The predicted octanol–water partition coefficient (Wildman–Crippen LogP) is 7.55. The molecule has 0 bridgehead atoms. The summed E-state index contributed by atoms with van der Waals surface area (Å²) in [5.74, 6) is -0.531. The molecular weight excluding hydrogens is 454 g/mol. The number of rotatable bonds is 5. The number of carbonyl (C=O) groups excluding carboxylic acids is 1. The summed E-state index contributed by atoms with van der Waals surface area (Å²) < 4.78 is 29.1. The molecule has 3 aliphatic rings. The van der Waals surface area contributed by atoms with Crippen LogP contribution in [-0.2, 0) is 11.2 Å². The molecule has 36 heavy (non-hydrogen) atoms. The SMILES string of the molecule is CCc1ccc(C(C2CC2)N2C(=O)C(c3cc(F)c(C)c(F)c3)=NC23CCC(C(C)(C)C)CC3)cc1. The van der Waals surface area contributed by atoms with Crippen molar-refractivity contribution in [3.63, 3.8) is 0 Å². The monoisotopic (exact) mass is 492 g/mol. The minimum absolute atomic E-state index is 0.0334. The Labute approximate surface area is 214 Å². The van der Waals surface area contributed by atoms with Crippen LogP contribution in [0.4, 0.5) is 8.78 Å². The van der Waals surface area contributed by atoms with Gasteiger partial charge in [0.15, 0.2) is 0 Å². The number of aliphatic imine (C=N–C) groups is 1. The van der Waals surface area contributed by atoms with Crippen LogP contribution in [0.2, 0.25) is 0 Å². The number of nitrogens with zero attached hydrogens (tertiary/aromatic N) is 2. The average molecular weight is 493 g/mol. The second-order valence-corrected chi connectivity index (χ2v) is 12.2. The van der Waals surface area contributed by atoms with E-state index in [1.165, 1.54) is 24.6 Å². The Morgan fingerprint density at radius 2 is 1.61 bits per heavy atom. The Morgan fingerprint density at radius 3 is 2.11 bits per heavy atom. The maximum atomic E-state index is 14.5. The number of halogens is 2. The van der Waals surface area contributed by atoms with E-state index in [4.69, 9.17) is 4.99 Å². The Balaban J connectivity index is 1.59. The zero-order chi connectivity index (χ0) is 25.8. The van der Waals surface area contributed by atoms with E-state index in [1.807, 2.05) is 4.90 Å². The number of benzene rings is 2. The van der Waals surface area contributed by atoms with Gasteiger partial charge >= 0.3 is 0 Å². The number of carbonyl (C=O) groups is 1. The first kappa shape index (κ1) is 25.1. The van der Waals surface area contributed by atoms with Gasteiger partial charge < -0.3 is 4.90 Å². The molecule has 3 nitrogen and oxygen atoms in total. The molecule has 0 saturated heterocycles. The van der Waals surface area contributed by atoms with E-state index in [9.17, 15) is 13.6 Å². The Bertz CT molecular complexity index is 1160. The van der Waals surface area contributed by atoms with Crippen LogP contribution in [0.3, 0.4) is 0 Å². The molecule has 2 aromatic carbocycles. The van der Waals surface area contributed by atoms with Crippen molar-refractivity contribution >= 4 is 11.6 Å². The Morgan fingerprint density at radius 1 is 1.03 bits per heavy atom. The highest BCUT2D eigenvalue weighted by molar-refractivity contribution is 6.46. The molecule has 1 heterocycles. The van der Waals surface area contributed by atoms with Crippen LogP contribution >= 0.6 is 0 Å². The summed E-state index contributed by atoms with van der Waals surface area (Å²) in [5, 5.41) is 0. The second kappa shape index (κ2) is 9.08. The van der Waals surface area contributed by atoms with Crippen LogP contribution in [-0.4, -0.2) is 22.2 Å². The molecule has 2 saturated carbocycles. The number of aryl methyl sites for hydroxylation is 1. The maximum absolute atomic E-state index is 14.5. The van der Waals surface area contributed by atoms with Gasteiger partial charge in [0, 0.05) is 11.1 Å². The van der Waals surface area contributed by atoms with Crippen LogP contribution in [0.15, 0.2) is 41.4 Å². The molecule has 5 heteroatoms. The summed E-state index contributed by atoms with van der Waals surface area (Å²) in [5.41, 5.74) is 2.35. The van der Waals surface area contributed by atoms with Crippen molar-refractivity contribution < 1.29 is 13.6 Å². The Hall–Kier alpha value is -2.56. The van der Waals surface area contributed by atoms with Gasteiger partial charge in [-0.15, -0.1) is 0 Å². The third-order valence-electron chi connectivity index (χ3n) is 8.83. The fourth-order valence-corrected chi connectivity index (χ4v) is 6.26. The first-order valence-corrected chi connectivity index (χ1v) is 13.5. The normalized spacial score (nSPS) is 25.4. The van der Waals surface area contributed by atoms with Crippen LogP contribution in [0.5, 0.6) is 0 Å². The summed E-state index contributed by atoms with van der Waals surface area (Å²) in [6, 6.07) is 11.1. The van der Waals surface area contributed by atoms with Gasteiger partial charge in [0.05, 0.1) is 6.04 Å². The van der Waals surface area contributed by atoms with Gasteiger partial charge in [0.2, 0.25) is 0 Å². The largest absolute Gasteiger partial charge is 0.305 e. The third-order valence-corrected chi connectivity index (χ3v) is 8.83.